The summed E-state index contributed by atoms with van der Waals surface area (Å²) in [5, 5.41) is 11.1. The second-order valence-corrected chi connectivity index (χ2v) is 3.56. The van der Waals surface area contributed by atoms with Crippen LogP contribution in [0.5, 0.6) is 0 Å². The van der Waals surface area contributed by atoms with Crippen LogP contribution in [0.15, 0.2) is 24.4 Å². The maximum Gasteiger partial charge on any atom is 0.228 e. The van der Waals surface area contributed by atoms with Crippen molar-refractivity contribution in [2.45, 2.75) is 6.92 Å². The molecule has 1 aromatic heterocycles. The summed E-state index contributed by atoms with van der Waals surface area (Å²) in [4.78, 5) is 7.57. The summed E-state index contributed by atoms with van der Waals surface area (Å²) in [7, 11) is 0. The van der Waals surface area contributed by atoms with Crippen LogP contribution in [0.2, 0.25) is 0 Å². The van der Waals surface area contributed by atoms with Crippen molar-refractivity contribution in [3.63, 3.8) is 0 Å². The van der Waals surface area contributed by atoms with Gasteiger partial charge in [0.1, 0.15) is 23.3 Å². The monoisotopic (exact) mass is 246 g/mol. The lowest BCUT2D eigenvalue weighted by Crippen LogP contribution is -2.03. The van der Waals surface area contributed by atoms with Gasteiger partial charge in [-0.15, -0.1) is 0 Å². The van der Waals surface area contributed by atoms with E-state index >= 15 is 0 Å². The minimum Gasteiger partial charge on any atom is -0.319 e. The number of anilines is 2. The molecule has 1 heterocycles. The molecule has 0 unspecified atom stereocenters. The average Bonchev–Trinajstić information content (AvgIpc) is 2.39. The predicted molar refractivity (Wildman–Crippen MR) is 61.1 cm³/mol. The summed E-state index contributed by atoms with van der Waals surface area (Å²) >= 11 is 0. The third-order valence-electron chi connectivity index (χ3n) is 2.29. The second kappa shape index (κ2) is 4.75. The van der Waals surface area contributed by atoms with Gasteiger partial charge in [-0.2, -0.15) is 5.26 Å². The number of hydrogen-bond donors (Lipinski definition) is 1. The predicted octanol–water partition coefficient (Wildman–Crippen LogP) is 2.68. The summed E-state index contributed by atoms with van der Waals surface area (Å²) in [6.45, 7) is 1.52. The van der Waals surface area contributed by atoms with Gasteiger partial charge in [0.05, 0.1) is 0 Å². The van der Waals surface area contributed by atoms with Gasteiger partial charge < -0.3 is 5.32 Å². The van der Waals surface area contributed by atoms with E-state index in [4.69, 9.17) is 5.26 Å². The third kappa shape index (κ3) is 2.25. The zero-order valence-electron chi connectivity index (χ0n) is 9.41. The first kappa shape index (κ1) is 11.9. The summed E-state index contributed by atoms with van der Waals surface area (Å²) in [6.07, 6.45) is 1.33. The quantitative estimate of drug-likeness (QED) is 0.884. The van der Waals surface area contributed by atoms with E-state index in [-0.39, 0.29) is 17.3 Å². The van der Waals surface area contributed by atoms with Crippen molar-refractivity contribution in [3.8, 4) is 6.07 Å². The molecule has 0 aliphatic carbocycles. The molecule has 0 fully saturated rings. The summed E-state index contributed by atoms with van der Waals surface area (Å²) in [5.74, 6) is -1.48. The molecular formula is C12H8F2N4. The number of nitrogens with one attached hydrogen (secondary N) is 1. The van der Waals surface area contributed by atoms with E-state index in [1.54, 1.807) is 0 Å². The fourth-order valence-electron chi connectivity index (χ4n) is 1.36. The SMILES string of the molecule is Cc1ccc(F)c(Nc2nccc(C#N)n2)c1F. The highest BCUT2D eigenvalue weighted by Crippen LogP contribution is 2.23. The summed E-state index contributed by atoms with van der Waals surface area (Å²) in [6, 6.07) is 5.70. The second-order valence-electron chi connectivity index (χ2n) is 3.56. The lowest BCUT2D eigenvalue weighted by Gasteiger charge is -2.08. The Morgan fingerprint density at radius 3 is 2.78 bits per heavy atom. The molecule has 1 aromatic carbocycles. The molecule has 0 radical (unpaired) electrons. The fourth-order valence-corrected chi connectivity index (χ4v) is 1.36. The Morgan fingerprint density at radius 2 is 2.06 bits per heavy atom. The normalized spacial score (nSPS) is 9.89. The van der Waals surface area contributed by atoms with Crippen molar-refractivity contribution in [1.82, 2.24) is 9.97 Å². The van der Waals surface area contributed by atoms with Gasteiger partial charge in [0.25, 0.3) is 0 Å². The van der Waals surface area contributed by atoms with Gasteiger partial charge in [-0.05, 0) is 24.6 Å². The average molecular weight is 246 g/mol. The molecule has 0 atom stereocenters. The maximum atomic E-state index is 13.7. The molecule has 0 bridgehead atoms. The number of halogens is 2. The van der Waals surface area contributed by atoms with Gasteiger partial charge in [0.2, 0.25) is 5.95 Å². The van der Waals surface area contributed by atoms with E-state index in [9.17, 15) is 8.78 Å². The zero-order valence-corrected chi connectivity index (χ0v) is 9.41. The first-order chi connectivity index (χ1) is 8.61. The molecule has 0 aliphatic heterocycles. The van der Waals surface area contributed by atoms with Crippen LogP contribution in [-0.2, 0) is 0 Å². The number of rotatable bonds is 2. The number of hydrogen-bond acceptors (Lipinski definition) is 4. The molecule has 6 heteroatoms. The minimum atomic E-state index is -0.746. The molecule has 18 heavy (non-hydrogen) atoms. The number of benzene rings is 1. The Labute approximate surface area is 102 Å². The number of nitrogens with zero attached hydrogens (tertiary/aromatic N) is 3. The van der Waals surface area contributed by atoms with Crippen molar-refractivity contribution in [2.75, 3.05) is 5.32 Å². The van der Waals surface area contributed by atoms with E-state index in [0.29, 0.717) is 5.56 Å². The van der Waals surface area contributed by atoms with E-state index in [1.165, 1.54) is 25.3 Å². The first-order valence-corrected chi connectivity index (χ1v) is 5.06. The summed E-state index contributed by atoms with van der Waals surface area (Å²) < 4.78 is 27.2. The molecule has 2 aromatic rings. The fraction of sp³-hybridized carbons (Fsp3) is 0.0833. The van der Waals surface area contributed by atoms with E-state index in [1.807, 2.05) is 6.07 Å². The Kier molecular flexibility index (Phi) is 3.15. The Hall–Kier alpha value is -2.55. The Morgan fingerprint density at radius 1 is 1.28 bits per heavy atom. The molecular weight excluding hydrogens is 238 g/mol. The molecule has 90 valence electrons. The Bertz CT molecular complexity index is 634. The molecule has 0 aliphatic rings. The third-order valence-corrected chi connectivity index (χ3v) is 2.29. The highest BCUT2D eigenvalue weighted by Gasteiger charge is 2.12. The summed E-state index contributed by atoms with van der Waals surface area (Å²) in [5.41, 5.74) is 0.0846. The van der Waals surface area contributed by atoms with E-state index in [0.717, 1.165) is 6.07 Å². The van der Waals surface area contributed by atoms with Crippen LogP contribution < -0.4 is 5.32 Å². The van der Waals surface area contributed by atoms with Crippen LogP contribution in [0.4, 0.5) is 20.4 Å². The van der Waals surface area contributed by atoms with Crippen molar-refractivity contribution in [3.05, 3.63) is 47.3 Å². The zero-order chi connectivity index (χ0) is 13.1. The van der Waals surface area contributed by atoms with Gasteiger partial charge in [0.15, 0.2) is 5.82 Å². The van der Waals surface area contributed by atoms with Gasteiger partial charge >= 0.3 is 0 Å². The van der Waals surface area contributed by atoms with Gasteiger partial charge in [-0.1, -0.05) is 6.07 Å². The van der Waals surface area contributed by atoms with Gasteiger partial charge in [-0.3, -0.25) is 0 Å². The van der Waals surface area contributed by atoms with Crippen molar-refractivity contribution < 1.29 is 8.78 Å². The lowest BCUT2D eigenvalue weighted by atomic mass is 10.2. The highest BCUT2D eigenvalue weighted by molar-refractivity contribution is 5.56. The van der Waals surface area contributed by atoms with Crippen LogP contribution in [0.25, 0.3) is 0 Å². The van der Waals surface area contributed by atoms with Crippen LogP contribution in [0, 0.1) is 29.9 Å². The van der Waals surface area contributed by atoms with E-state index < -0.39 is 11.6 Å². The van der Waals surface area contributed by atoms with Crippen LogP contribution in [0.3, 0.4) is 0 Å². The maximum absolute atomic E-state index is 13.7. The molecule has 1 N–H and O–H groups in total. The first-order valence-electron chi connectivity index (χ1n) is 5.06. The van der Waals surface area contributed by atoms with Gasteiger partial charge in [-0.25, -0.2) is 18.7 Å². The molecule has 0 spiro atoms. The number of aryl methyl sites for hydroxylation is 1. The van der Waals surface area contributed by atoms with Crippen molar-refractivity contribution >= 4 is 11.6 Å². The topological polar surface area (TPSA) is 61.6 Å². The lowest BCUT2D eigenvalue weighted by molar-refractivity contribution is 0.584. The largest absolute Gasteiger partial charge is 0.319 e. The standard InChI is InChI=1S/C12H8F2N4/c1-7-2-3-9(13)11(10(7)14)18-12-16-5-4-8(6-15)17-12/h2-5H,1H3,(H,16,17,18). The van der Waals surface area contributed by atoms with Gasteiger partial charge in [0, 0.05) is 6.20 Å². The molecule has 0 saturated heterocycles. The Balaban J connectivity index is 2.40. The van der Waals surface area contributed by atoms with E-state index in [2.05, 4.69) is 15.3 Å². The van der Waals surface area contributed by atoms with Crippen LogP contribution >= 0.6 is 0 Å². The van der Waals surface area contributed by atoms with Crippen LogP contribution in [0.1, 0.15) is 11.3 Å². The minimum absolute atomic E-state index is 0.0301. The van der Waals surface area contributed by atoms with Crippen molar-refractivity contribution in [1.29, 1.82) is 5.26 Å². The number of nitriles is 1. The molecule has 4 nitrogen and oxygen atoms in total. The molecule has 2 rings (SSSR count). The number of aromatic nitrogens is 2. The molecule has 0 saturated carbocycles. The van der Waals surface area contributed by atoms with Crippen molar-refractivity contribution in [2.24, 2.45) is 0 Å². The highest BCUT2D eigenvalue weighted by atomic mass is 19.1. The molecule has 0 amide bonds. The smallest absolute Gasteiger partial charge is 0.228 e. The van der Waals surface area contributed by atoms with Crippen LogP contribution in [-0.4, -0.2) is 9.97 Å².